The van der Waals surface area contributed by atoms with Crippen LogP contribution in [0.5, 0.6) is 0 Å². The van der Waals surface area contributed by atoms with E-state index in [1.165, 1.54) is 70.6 Å². The lowest BCUT2D eigenvalue weighted by atomic mass is 10.1. The average molecular weight is 276 g/mol. The highest BCUT2D eigenvalue weighted by Gasteiger charge is 1.95. The zero-order chi connectivity index (χ0) is 14.3. The maximum absolute atomic E-state index is 5.33. The molecule has 0 amide bonds. The number of allylic oxidation sites excluding steroid dienone is 2. The summed E-state index contributed by atoms with van der Waals surface area (Å²) in [7, 11) is 0. The van der Waals surface area contributed by atoms with Gasteiger partial charge in [0.25, 0.3) is 0 Å². The van der Waals surface area contributed by atoms with Gasteiger partial charge in [-0.2, -0.15) is 0 Å². The fourth-order valence-electron chi connectivity index (χ4n) is 2.47. The number of aryl methyl sites for hydroxylation is 1. The minimum Gasteiger partial charge on any atom is -0.469 e. The molecule has 0 fully saturated rings. The van der Waals surface area contributed by atoms with Gasteiger partial charge in [-0.25, -0.2) is 0 Å². The van der Waals surface area contributed by atoms with Crippen molar-refractivity contribution in [3.8, 4) is 0 Å². The summed E-state index contributed by atoms with van der Waals surface area (Å²) in [4.78, 5) is 0. The smallest absolute Gasteiger partial charge is 0.103 e. The lowest BCUT2D eigenvalue weighted by molar-refractivity contribution is 0.492. The summed E-state index contributed by atoms with van der Waals surface area (Å²) in [6.45, 7) is 2.27. The highest BCUT2D eigenvalue weighted by Crippen LogP contribution is 2.10. The summed E-state index contributed by atoms with van der Waals surface area (Å²) < 4.78 is 5.33. The molecule has 0 aliphatic carbocycles. The average Bonchev–Trinajstić information content (AvgIpc) is 2.97. The van der Waals surface area contributed by atoms with Gasteiger partial charge in [0.2, 0.25) is 0 Å². The van der Waals surface area contributed by atoms with E-state index in [9.17, 15) is 0 Å². The summed E-state index contributed by atoms with van der Waals surface area (Å²) in [5.74, 6) is 1.14. The maximum atomic E-state index is 5.33. The Morgan fingerprint density at radius 3 is 2.15 bits per heavy atom. The fraction of sp³-hybridized carbons (Fsp3) is 0.684. The second-order valence-corrected chi connectivity index (χ2v) is 5.71. The summed E-state index contributed by atoms with van der Waals surface area (Å²) in [6, 6.07) is 4.05. The van der Waals surface area contributed by atoms with Crippen LogP contribution in [0.25, 0.3) is 0 Å². The Balaban J connectivity index is 1.77. The second kappa shape index (κ2) is 13.0. The molecule has 20 heavy (non-hydrogen) atoms. The molecule has 1 heterocycles. The molecule has 1 nitrogen and oxygen atoms in total. The van der Waals surface area contributed by atoms with Gasteiger partial charge in [0, 0.05) is 6.42 Å². The minimum absolute atomic E-state index is 1.10. The van der Waals surface area contributed by atoms with E-state index in [2.05, 4.69) is 25.1 Å². The molecule has 0 spiro atoms. The van der Waals surface area contributed by atoms with Crippen molar-refractivity contribution in [3.63, 3.8) is 0 Å². The second-order valence-electron chi connectivity index (χ2n) is 5.71. The Hall–Kier alpha value is -0.980. The molecule has 0 bridgehead atoms. The standard InChI is InChI=1S/C19H32O/c1-2-3-4-5-6-7-8-9-10-11-12-13-14-16-19-17-15-18-20-19/h7-8,15,17-18H,2-6,9-14,16H2,1H3. The third kappa shape index (κ3) is 9.89. The third-order valence-corrected chi connectivity index (χ3v) is 3.77. The number of rotatable bonds is 13. The molecule has 0 saturated carbocycles. The molecule has 0 aliphatic heterocycles. The lowest BCUT2D eigenvalue weighted by Gasteiger charge is -1.99. The molecule has 114 valence electrons. The first-order valence-corrected chi connectivity index (χ1v) is 8.61. The highest BCUT2D eigenvalue weighted by molar-refractivity contribution is 4.97. The molecule has 0 saturated heterocycles. The topological polar surface area (TPSA) is 13.1 Å². The Kier molecular flexibility index (Phi) is 11.1. The van der Waals surface area contributed by atoms with Crippen LogP contribution in [0.3, 0.4) is 0 Å². The van der Waals surface area contributed by atoms with Gasteiger partial charge < -0.3 is 4.42 Å². The van der Waals surface area contributed by atoms with E-state index < -0.39 is 0 Å². The van der Waals surface area contributed by atoms with E-state index in [1.54, 1.807) is 6.26 Å². The summed E-state index contributed by atoms with van der Waals surface area (Å²) >= 11 is 0. The lowest BCUT2D eigenvalue weighted by Crippen LogP contribution is -1.83. The first kappa shape index (κ1) is 17.1. The van der Waals surface area contributed by atoms with Crippen LogP contribution in [0.1, 0.15) is 83.3 Å². The van der Waals surface area contributed by atoms with Gasteiger partial charge in [-0.1, -0.05) is 57.6 Å². The third-order valence-electron chi connectivity index (χ3n) is 3.77. The van der Waals surface area contributed by atoms with Crippen molar-refractivity contribution in [2.45, 2.75) is 84.0 Å². The van der Waals surface area contributed by atoms with Gasteiger partial charge >= 0.3 is 0 Å². The molecule has 1 rings (SSSR count). The first-order chi connectivity index (χ1) is 9.93. The normalized spacial score (nSPS) is 11.4. The van der Waals surface area contributed by atoms with E-state index in [0.717, 1.165) is 12.2 Å². The first-order valence-electron chi connectivity index (χ1n) is 8.61. The van der Waals surface area contributed by atoms with Crippen molar-refractivity contribution in [2.75, 3.05) is 0 Å². The molecular formula is C19H32O. The number of hydrogen-bond acceptors (Lipinski definition) is 1. The van der Waals surface area contributed by atoms with Gasteiger partial charge in [-0.05, 0) is 44.2 Å². The van der Waals surface area contributed by atoms with E-state index >= 15 is 0 Å². The van der Waals surface area contributed by atoms with Crippen molar-refractivity contribution >= 4 is 0 Å². The van der Waals surface area contributed by atoms with Crippen LogP contribution in [0.15, 0.2) is 35.0 Å². The molecule has 1 heteroatoms. The van der Waals surface area contributed by atoms with E-state index in [0.29, 0.717) is 0 Å². The Bertz CT molecular complexity index is 311. The van der Waals surface area contributed by atoms with Crippen molar-refractivity contribution in [3.05, 3.63) is 36.3 Å². The predicted molar refractivity (Wildman–Crippen MR) is 88.0 cm³/mol. The Morgan fingerprint density at radius 1 is 0.850 bits per heavy atom. The van der Waals surface area contributed by atoms with E-state index in [-0.39, 0.29) is 0 Å². The van der Waals surface area contributed by atoms with Crippen molar-refractivity contribution in [1.82, 2.24) is 0 Å². The molecule has 1 aromatic rings. The van der Waals surface area contributed by atoms with Crippen LogP contribution < -0.4 is 0 Å². The van der Waals surface area contributed by atoms with Crippen LogP contribution in [0, 0.1) is 0 Å². The molecule has 1 aromatic heterocycles. The molecule has 0 aromatic carbocycles. The van der Waals surface area contributed by atoms with Crippen LogP contribution in [0.2, 0.25) is 0 Å². The molecular weight excluding hydrogens is 244 g/mol. The van der Waals surface area contributed by atoms with E-state index in [1.807, 2.05) is 6.07 Å². The van der Waals surface area contributed by atoms with Crippen molar-refractivity contribution < 1.29 is 4.42 Å². The van der Waals surface area contributed by atoms with Crippen LogP contribution in [0.4, 0.5) is 0 Å². The predicted octanol–water partition coefficient (Wildman–Crippen LogP) is 6.69. The quantitative estimate of drug-likeness (QED) is 0.289. The summed E-state index contributed by atoms with van der Waals surface area (Å²) in [5, 5.41) is 0. The van der Waals surface area contributed by atoms with Gasteiger partial charge in [0.05, 0.1) is 6.26 Å². The monoisotopic (exact) mass is 276 g/mol. The molecule has 0 radical (unpaired) electrons. The fourth-order valence-corrected chi connectivity index (χ4v) is 2.47. The number of hydrogen-bond donors (Lipinski definition) is 0. The van der Waals surface area contributed by atoms with E-state index in [4.69, 9.17) is 4.42 Å². The number of unbranched alkanes of at least 4 members (excludes halogenated alkanes) is 9. The molecule has 0 N–H and O–H groups in total. The van der Waals surface area contributed by atoms with Crippen molar-refractivity contribution in [2.24, 2.45) is 0 Å². The zero-order valence-electron chi connectivity index (χ0n) is 13.3. The largest absolute Gasteiger partial charge is 0.469 e. The van der Waals surface area contributed by atoms with Crippen LogP contribution in [-0.4, -0.2) is 0 Å². The summed E-state index contributed by atoms with van der Waals surface area (Å²) in [5.41, 5.74) is 0. The van der Waals surface area contributed by atoms with Crippen LogP contribution >= 0.6 is 0 Å². The van der Waals surface area contributed by atoms with Gasteiger partial charge in [0.1, 0.15) is 5.76 Å². The summed E-state index contributed by atoms with van der Waals surface area (Å²) in [6.07, 6.45) is 22.4. The van der Waals surface area contributed by atoms with Gasteiger partial charge in [-0.3, -0.25) is 0 Å². The maximum Gasteiger partial charge on any atom is 0.103 e. The SMILES string of the molecule is CCCCCCC=CCCCCCCCc1ccco1. The highest BCUT2D eigenvalue weighted by atomic mass is 16.3. The van der Waals surface area contributed by atoms with Crippen molar-refractivity contribution in [1.29, 1.82) is 0 Å². The molecule has 0 aliphatic rings. The van der Waals surface area contributed by atoms with Crippen LogP contribution in [-0.2, 0) is 6.42 Å². The molecule has 0 unspecified atom stereocenters. The number of furan rings is 1. The Morgan fingerprint density at radius 2 is 1.50 bits per heavy atom. The molecule has 0 atom stereocenters. The van der Waals surface area contributed by atoms with Gasteiger partial charge in [-0.15, -0.1) is 0 Å². The van der Waals surface area contributed by atoms with Gasteiger partial charge in [0.15, 0.2) is 0 Å². The Labute approximate surface area is 125 Å². The zero-order valence-corrected chi connectivity index (χ0v) is 13.3. The minimum atomic E-state index is 1.10.